The average molecular weight is 379 g/mol. The molecule has 0 bridgehead atoms. The number of aromatic nitrogens is 2. The summed E-state index contributed by atoms with van der Waals surface area (Å²) in [6.45, 7) is 6.06. The molecule has 0 spiro atoms. The molecule has 122 valence electrons. The molecular weight excluding hydrogens is 360 g/mol. The van der Waals surface area contributed by atoms with Crippen LogP contribution in [0.1, 0.15) is 26.3 Å². The molecule has 2 rings (SSSR count). The first kappa shape index (κ1) is 17.2. The van der Waals surface area contributed by atoms with Crippen molar-refractivity contribution in [3.8, 4) is 0 Å². The molecule has 0 radical (unpaired) electrons. The highest BCUT2D eigenvalue weighted by molar-refractivity contribution is 9.10. The van der Waals surface area contributed by atoms with Gasteiger partial charge in [0.2, 0.25) is 0 Å². The van der Waals surface area contributed by atoms with Gasteiger partial charge in [0, 0.05) is 23.4 Å². The van der Waals surface area contributed by atoms with Crippen molar-refractivity contribution in [1.29, 1.82) is 0 Å². The van der Waals surface area contributed by atoms with Crippen LogP contribution in [0.2, 0.25) is 0 Å². The summed E-state index contributed by atoms with van der Waals surface area (Å²) in [6.07, 6.45) is 4.66. The topological polar surface area (TPSA) is 76.1 Å². The van der Waals surface area contributed by atoms with Crippen LogP contribution in [0.25, 0.3) is 0 Å². The Kier molecular flexibility index (Phi) is 5.54. The van der Waals surface area contributed by atoms with Gasteiger partial charge < -0.3 is 10.1 Å². The number of carbonyl (C=O) groups excluding carboxylic acids is 1. The molecular formula is C16H19BrN4O2. The van der Waals surface area contributed by atoms with Gasteiger partial charge in [-0.1, -0.05) is 0 Å². The predicted octanol–water partition coefficient (Wildman–Crippen LogP) is 4.20. The second kappa shape index (κ2) is 7.41. The highest BCUT2D eigenvalue weighted by Crippen LogP contribution is 2.14. The van der Waals surface area contributed by atoms with Crippen molar-refractivity contribution in [1.82, 2.24) is 9.97 Å². The standard InChI is InChI=1S/C16H19BrN4O2/c1-16(2,3)23-15(22)21-14-5-4-13(10-20-14)19-8-11-6-12(17)9-18-7-11/h4-7,9-10,19H,8H2,1-3H3,(H,20,21,22). The summed E-state index contributed by atoms with van der Waals surface area (Å²) in [7, 11) is 0. The number of halogens is 1. The zero-order valence-electron chi connectivity index (χ0n) is 13.3. The summed E-state index contributed by atoms with van der Waals surface area (Å²) >= 11 is 3.39. The third-order valence-corrected chi connectivity index (χ3v) is 3.08. The van der Waals surface area contributed by atoms with Crippen molar-refractivity contribution < 1.29 is 9.53 Å². The molecule has 0 atom stereocenters. The highest BCUT2D eigenvalue weighted by Gasteiger charge is 2.16. The Hall–Kier alpha value is -2.15. The lowest BCUT2D eigenvalue weighted by molar-refractivity contribution is 0.0635. The molecule has 6 nitrogen and oxygen atoms in total. The Morgan fingerprint density at radius 2 is 2.04 bits per heavy atom. The molecule has 0 aliphatic carbocycles. The zero-order valence-corrected chi connectivity index (χ0v) is 14.8. The van der Waals surface area contributed by atoms with Crippen molar-refractivity contribution in [2.45, 2.75) is 32.9 Å². The van der Waals surface area contributed by atoms with E-state index in [9.17, 15) is 4.79 Å². The summed E-state index contributed by atoms with van der Waals surface area (Å²) in [6, 6.07) is 5.54. The van der Waals surface area contributed by atoms with E-state index in [0.29, 0.717) is 12.4 Å². The number of carbonyl (C=O) groups is 1. The molecule has 0 unspecified atom stereocenters. The molecule has 0 aliphatic rings. The first-order valence-electron chi connectivity index (χ1n) is 7.11. The minimum Gasteiger partial charge on any atom is -0.444 e. The van der Waals surface area contributed by atoms with Crippen molar-refractivity contribution in [2.75, 3.05) is 10.6 Å². The lowest BCUT2D eigenvalue weighted by Gasteiger charge is -2.19. The number of amides is 1. The van der Waals surface area contributed by atoms with E-state index in [1.165, 1.54) is 0 Å². The van der Waals surface area contributed by atoms with Crippen LogP contribution in [0.5, 0.6) is 0 Å². The first-order valence-corrected chi connectivity index (χ1v) is 7.90. The van der Waals surface area contributed by atoms with Gasteiger partial charge in [0.05, 0.1) is 11.9 Å². The van der Waals surface area contributed by atoms with E-state index in [4.69, 9.17) is 4.74 Å². The Bertz CT molecular complexity index is 669. The number of rotatable bonds is 4. The largest absolute Gasteiger partial charge is 0.444 e. The van der Waals surface area contributed by atoms with Crippen LogP contribution in [-0.4, -0.2) is 21.7 Å². The predicted molar refractivity (Wildman–Crippen MR) is 93.4 cm³/mol. The fraction of sp³-hybridized carbons (Fsp3) is 0.312. The van der Waals surface area contributed by atoms with Crippen LogP contribution >= 0.6 is 15.9 Å². The van der Waals surface area contributed by atoms with Crippen LogP contribution < -0.4 is 10.6 Å². The second-order valence-corrected chi connectivity index (χ2v) is 6.84. The SMILES string of the molecule is CC(C)(C)OC(=O)Nc1ccc(NCc2cncc(Br)c2)cn1. The normalized spacial score (nSPS) is 11.0. The zero-order chi connectivity index (χ0) is 16.9. The van der Waals surface area contributed by atoms with E-state index in [1.54, 1.807) is 24.7 Å². The number of hydrogen-bond acceptors (Lipinski definition) is 5. The molecule has 23 heavy (non-hydrogen) atoms. The van der Waals surface area contributed by atoms with Gasteiger partial charge in [-0.25, -0.2) is 9.78 Å². The third-order valence-electron chi connectivity index (χ3n) is 2.65. The molecule has 2 heterocycles. The molecule has 0 saturated heterocycles. The molecule has 0 aromatic carbocycles. The number of anilines is 2. The highest BCUT2D eigenvalue weighted by atomic mass is 79.9. The monoisotopic (exact) mass is 378 g/mol. The molecule has 0 fully saturated rings. The summed E-state index contributed by atoms with van der Waals surface area (Å²) in [4.78, 5) is 19.9. The van der Waals surface area contributed by atoms with Gasteiger partial charge in [0.15, 0.2) is 0 Å². The summed E-state index contributed by atoms with van der Waals surface area (Å²) < 4.78 is 6.11. The van der Waals surface area contributed by atoms with Gasteiger partial charge >= 0.3 is 6.09 Å². The third kappa shape index (κ3) is 6.23. The Balaban J connectivity index is 1.88. The summed E-state index contributed by atoms with van der Waals surface area (Å²) in [5.41, 5.74) is 1.36. The smallest absolute Gasteiger partial charge is 0.413 e. The van der Waals surface area contributed by atoms with Gasteiger partial charge in [-0.2, -0.15) is 0 Å². The van der Waals surface area contributed by atoms with E-state index in [0.717, 1.165) is 15.7 Å². The van der Waals surface area contributed by atoms with Crippen LogP contribution in [0.15, 0.2) is 41.3 Å². The molecule has 2 N–H and O–H groups in total. The van der Waals surface area contributed by atoms with E-state index >= 15 is 0 Å². The molecule has 2 aromatic heterocycles. The van der Waals surface area contributed by atoms with Crippen molar-refractivity contribution in [3.63, 3.8) is 0 Å². The van der Waals surface area contributed by atoms with Crippen LogP contribution in [0.4, 0.5) is 16.3 Å². The fourth-order valence-corrected chi connectivity index (χ4v) is 2.15. The maximum atomic E-state index is 11.7. The number of nitrogens with one attached hydrogen (secondary N) is 2. The number of nitrogens with zero attached hydrogens (tertiary/aromatic N) is 2. The van der Waals surface area contributed by atoms with Crippen molar-refractivity contribution in [2.24, 2.45) is 0 Å². The van der Waals surface area contributed by atoms with Crippen LogP contribution in [-0.2, 0) is 11.3 Å². The summed E-state index contributed by atoms with van der Waals surface area (Å²) in [5.74, 6) is 0.439. The maximum Gasteiger partial charge on any atom is 0.413 e. The molecule has 2 aromatic rings. The lowest BCUT2D eigenvalue weighted by atomic mass is 10.2. The van der Waals surface area contributed by atoms with E-state index in [1.807, 2.05) is 32.9 Å². The molecule has 1 amide bonds. The fourth-order valence-electron chi connectivity index (χ4n) is 1.74. The molecule has 0 saturated carbocycles. The Morgan fingerprint density at radius 3 is 2.65 bits per heavy atom. The first-order chi connectivity index (χ1) is 10.8. The van der Waals surface area contributed by atoms with E-state index in [-0.39, 0.29) is 0 Å². The van der Waals surface area contributed by atoms with E-state index in [2.05, 4.69) is 36.5 Å². The maximum absolute atomic E-state index is 11.7. The van der Waals surface area contributed by atoms with Crippen LogP contribution in [0.3, 0.4) is 0 Å². The Morgan fingerprint density at radius 1 is 1.26 bits per heavy atom. The molecule has 7 heteroatoms. The van der Waals surface area contributed by atoms with Crippen molar-refractivity contribution >= 4 is 33.5 Å². The average Bonchev–Trinajstić information content (AvgIpc) is 2.44. The van der Waals surface area contributed by atoms with Gasteiger partial charge in [0.1, 0.15) is 11.4 Å². The lowest BCUT2D eigenvalue weighted by Crippen LogP contribution is -2.27. The van der Waals surface area contributed by atoms with Crippen molar-refractivity contribution in [3.05, 3.63) is 46.8 Å². The minimum atomic E-state index is -0.538. The van der Waals surface area contributed by atoms with Gasteiger partial charge in [-0.05, 0) is 60.5 Å². The number of pyridine rings is 2. The molecule has 0 aliphatic heterocycles. The van der Waals surface area contributed by atoms with Gasteiger partial charge in [-0.3, -0.25) is 10.3 Å². The van der Waals surface area contributed by atoms with Gasteiger partial charge in [-0.15, -0.1) is 0 Å². The van der Waals surface area contributed by atoms with E-state index < -0.39 is 11.7 Å². The second-order valence-electron chi connectivity index (χ2n) is 5.92. The minimum absolute atomic E-state index is 0.439. The number of hydrogen-bond donors (Lipinski definition) is 2. The Labute approximate surface area is 143 Å². The number of ether oxygens (including phenoxy) is 1. The summed E-state index contributed by atoms with van der Waals surface area (Å²) in [5, 5.41) is 5.83. The quantitative estimate of drug-likeness (QED) is 0.833. The van der Waals surface area contributed by atoms with Gasteiger partial charge in [0.25, 0.3) is 0 Å². The van der Waals surface area contributed by atoms with Crippen LogP contribution in [0, 0.1) is 0 Å².